The van der Waals surface area contributed by atoms with Crippen LogP contribution in [0, 0.1) is 0 Å². The van der Waals surface area contributed by atoms with Gasteiger partial charge in [-0.3, -0.25) is 4.79 Å². The second-order valence-electron chi connectivity index (χ2n) is 4.05. The Kier molecular flexibility index (Phi) is 6.37. The number of ether oxygens (including phenoxy) is 2. The first kappa shape index (κ1) is 13.4. The zero-order valence-corrected chi connectivity index (χ0v) is 10.2. The number of carbonyl (C=O) groups excluding carboxylic acids is 1. The van der Waals surface area contributed by atoms with E-state index in [4.69, 9.17) is 9.47 Å². The molecule has 0 aromatic carbocycles. The molecule has 5 nitrogen and oxygen atoms in total. The molecule has 1 aliphatic heterocycles. The molecule has 0 aromatic heterocycles. The molecule has 1 rings (SSSR count). The lowest BCUT2D eigenvalue weighted by Gasteiger charge is -2.27. The fraction of sp³-hybridized carbons (Fsp3) is 0.909. The molecule has 0 aliphatic carbocycles. The number of amides is 1. The van der Waals surface area contributed by atoms with E-state index in [1.807, 2.05) is 11.8 Å². The van der Waals surface area contributed by atoms with Gasteiger partial charge < -0.3 is 19.7 Å². The van der Waals surface area contributed by atoms with Crippen molar-refractivity contribution < 1.29 is 14.3 Å². The molecule has 0 bridgehead atoms. The third-order valence-electron chi connectivity index (χ3n) is 2.61. The third kappa shape index (κ3) is 4.92. The van der Waals surface area contributed by atoms with Crippen LogP contribution in [-0.2, 0) is 14.3 Å². The standard InChI is InChI=1S/C11H22N2O3/c1-10(9-15-2)12-4-3-11(14)13-5-7-16-8-6-13/h10,12H,3-9H2,1-2H3. The fourth-order valence-corrected chi connectivity index (χ4v) is 1.71. The molecular weight excluding hydrogens is 208 g/mol. The van der Waals surface area contributed by atoms with E-state index in [9.17, 15) is 4.79 Å². The summed E-state index contributed by atoms with van der Waals surface area (Å²) >= 11 is 0. The number of hydrogen-bond acceptors (Lipinski definition) is 4. The maximum Gasteiger partial charge on any atom is 0.224 e. The van der Waals surface area contributed by atoms with Gasteiger partial charge in [0.25, 0.3) is 0 Å². The Morgan fingerprint density at radius 2 is 2.19 bits per heavy atom. The highest BCUT2D eigenvalue weighted by molar-refractivity contribution is 5.76. The lowest BCUT2D eigenvalue weighted by atomic mass is 10.3. The van der Waals surface area contributed by atoms with Crippen LogP contribution in [0.25, 0.3) is 0 Å². The fourth-order valence-electron chi connectivity index (χ4n) is 1.71. The summed E-state index contributed by atoms with van der Waals surface area (Å²) in [6.07, 6.45) is 0.550. The summed E-state index contributed by atoms with van der Waals surface area (Å²) in [6.45, 7) is 6.21. The van der Waals surface area contributed by atoms with E-state index in [1.54, 1.807) is 7.11 Å². The number of carbonyl (C=O) groups is 1. The summed E-state index contributed by atoms with van der Waals surface area (Å²) in [5.41, 5.74) is 0. The van der Waals surface area contributed by atoms with Gasteiger partial charge in [0.1, 0.15) is 0 Å². The number of rotatable bonds is 6. The Labute approximate surface area is 97.1 Å². The Hall–Kier alpha value is -0.650. The van der Waals surface area contributed by atoms with Gasteiger partial charge in [-0.2, -0.15) is 0 Å². The summed E-state index contributed by atoms with van der Waals surface area (Å²) in [7, 11) is 1.68. The maximum atomic E-state index is 11.7. The lowest BCUT2D eigenvalue weighted by molar-refractivity contribution is -0.135. The van der Waals surface area contributed by atoms with Gasteiger partial charge in [-0.1, -0.05) is 0 Å². The quantitative estimate of drug-likeness (QED) is 0.690. The van der Waals surface area contributed by atoms with Gasteiger partial charge in [0.15, 0.2) is 0 Å². The Bertz CT molecular complexity index is 205. The number of methoxy groups -OCH3 is 1. The normalized spacial score (nSPS) is 18.5. The van der Waals surface area contributed by atoms with Gasteiger partial charge >= 0.3 is 0 Å². The van der Waals surface area contributed by atoms with Gasteiger partial charge in [0.2, 0.25) is 5.91 Å². The van der Waals surface area contributed by atoms with Gasteiger partial charge in [-0.25, -0.2) is 0 Å². The van der Waals surface area contributed by atoms with Crippen LogP contribution in [0.1, 0.15) is 13.3 Å². The molecule has 1 unspecified atom stereocenters. The first-order chi connectivity index (χ1) is 7.74. The van der Waals surface area contributed by atoms with Crippen LogP contribution in [0.5, 0.6) is 0 Å². The summed E-state index contributed by atoms with van der Waals surface area (Å²) in [4.78, 5) is 13.6. The second kappa shape index (κ2) is 7.60. The minimum absolute atomic E-state index is 0.209. The Morgan fingerprint density at radius 1 is 1.50 bits per heavy atom. The van der Waals surface area contributed by atoms with Crippen LogP contribution >= 0.6 is 0 Å². The van der Waals surface area contributed by atoms with Crippen molar-refractivity contribution in [3.8, 4) is 0 Å². The predicted octanol–water partition coefficient (Wildman–Crippen LogP) is -0.140. The van der Waals surface area contributed by atoms with Crippen LogP contribution < -0.4 is 5.32 Å². The lowest BCUT2D eigenvalue weighted by Crippen LogP contribution is -2.42. The van der Waals surface area contributed by atoms with Gasteiger partial charge in [-0.15, -0.1) is 0 Å². The largest absolute Gasteiger partial charge is 0.383 e. The van der Waals surface area contributed by atoms with E-state index < -0.39 is 0 Å². The molecule has 1 amide bonds. The number of nitrogens with zero attached hydrogens (tertiary/aromatic N) is 1. The monoisotopic (exact) mass is 230 g/mol. The molecule has 94 valence electrons. The van der Waals surface area contributed by atoms with Gasteiger partial charge in [-0.05, 0) is 6.92 Å². The first-order valence-electron chi connectivity index (χ1n) is 5.82. The molecule has 1 saturated heterocycles. The molecule has 1 heterocycles. The van der Waals surface area contributed by atoms with Crippen molar-refractivity contribution in [2.45, 2.75) is 19.4 Å². The molecule has 0 saturated carbocycles. The topological polar surface area (TPSA) is 50.8 Å². The number of morpholine rings is 1. The molecule has 16 heavy (non-hydrogen) atoms. The van der Waals surface area contributed by atoms with Crippen LogP contribution in [0.3, 0.4) is 0 Å². The van der Waals surface area contributed by atoms with E-state index in [0.29, 0.717) is 38.8 Å². The smallest absolute Gasteiger partial charge is 0.224 e. The average Bonchev–Trinajstić information content (AvgIpc) is 2.30. The molecule has 0 aromatic rings. The second-order valence-corrected chi connectivity index (χ2v) is 4.05. The van der Waals surface area contributed by atoms with E-state index in [-0.39, 0.29) is 5.91 Å². The van der Waals surface area contributed by atoms with Crippen LogP contribution in [0.15, 0.2) is 0 Å². The summed E-state index contributed by atoms with van der Waals surface area (Å²) in [5.74, 6) is 0.209. The highest BCUT2D eigenvalue weighted by Crippen LogP contribution is 1.99. The van der Waals surface area contributed by atoms with Crippen molar-refractivity contribution in [3.05, 3.63) is 0 Å². The zero-order chi connectivity index (χ0) is 11.8. The molecule has 0 radical (unpaired) electrons. The van der Waals surface area contributed by atoms with Crippen molar-refractivity contribution >= 4 is 5.91 Å². The van der Waals surface area contributed by atoms with Crippen LogP contribution in [-0.4, -0.2) is 63.4 Å². The molecule has 1 fully saturated rings. The molecule has 5 heteroatoms. The van der Waals surface area contributed by atoms with Gasteiger partial charge in [0, 0.05) is 39.2 Å². The van der Waals surface area contributed by atoms with Crippen molar-refractivity contribution in [1.29, 1.82) is 0 Å². The summed E-state index contributed by atoms with van der Waals surface area (Å²) in [6, 6.07) is 0.294. The number of hydrogen-bond donors (Lipinski definition) is 1. The van der Waals surface area contributed by atoms with Crippen LogP contribution in [0.2, 0.25) is 0 Å². The minimum Gasteiger partial charge on any atom is -0.383 e. The van der Waals surface area contributed by atoms with Crippen molar-refractivity contribution in [1.82, 2.24) is 10.2 Å². The highest BCUT2D eigenvalue weighted by atomic mass is 16.5. The molecule has 1 N–H and O–H groups in total. The Balaban J connectivity index is 2.09. The third-order valence-corrected chi connectivity index (χ3v) is 2.61. The number of nitrogens with one attached hydrogen (secondary N) is 1. The molecule has 1 aliphatic rings. The molecular formula is C11H22N2O3. The SMILES string of the molecule is COCC(C)NCCC(=O)N1CCOCC1. The van der Waals surface area contributed by atoms with E-state index in [1.165, 1.54) is 0 Å². The van der Waals surface area contributed by atoms with Gasteiger partial charge in [0.05, 0.1) is 19.8 Å². The average molecular weight is 230 g/mol. The van der Waals surface area contributed by atoms with E-state index in [2.05, 4.69) is 5.32 Å². The summed E-state index contributed by atoms with van der Waals surface area (Å²) < 4.78 is 10.2. The van der Waals surface area contributed by atoms with E-state index in [0.717, 1.165) is 13.1 Å². The van der Waals surface area contributed by atoms with Crippen molar-refractivity contribution in [3.63, 3.8) is 0 Å². The van der Waals surface area contributed by atoms with E-state index >= 15 is 0 Å². The van der Waals surface area contributed by atoms with Crippen molar-refractivity contribution in [2.75, 3.05) is 46.6 Å². The predicted molar refractivity (Wildman–Crippen MR) is 61.4 cm³/mol. The maximum absolute atomic E-state index is 11.7. The molecule has 0 spiro atoms. The van der Waals surface area contributed by atoms with Crippen LogP contribution in [0.4, 0.5) is 0 Å². The summed E-state index contributed by atoms with van der Waals surface area (Å²) in [5, 5.41) is 3.25. The minimum atomic E-state index is 0.209. The Morgan fingerprint density at radius 3 is 2.81 bits per heavy atom. The first-order valence-corrected chi connectivity index (χ1v) is 5.82. The molecule has 1 atom stereocenters. The highest BCUT2D eigenvalue weighted by Gasteiger charge is 2.16. The zero-order valence-electron chi connectivity index (χ0n) is 10.2. The van der Waals surface area contributed by atoms with Crippen molar-refractivity contribution in [2.24, 2.45) is 0 Å².